The molecule has 0 aliphatic carbocycles. The van der Waals surface area contributed by atoms with Gasteiger partial charge >= 0.3 is 0 Å². The van der Waals surface area contributed by atoms with Gasteiger partial charge in [-0.2, -0.15) is 0 Å². The molecule has 0 saturated heterocycles. The fraction of sp³-hybridized carbons (Fsp3) is 0.200. The lowest BCUT2D eigenvalue weighted by molar-refractivity contribution is 0.343. The summed E-state index contributed by atoms with van der Waals surface area (Å²) in [6.45, 7) is 2.12. The van der Waals surface area contributed by atoms with Gasteiger partial charge in [-0.05, 0) is 18.1 Å². The van der Waals surface area contributed by atoms with E-state index in [1.165, 1.54) is 11.0 Å². The zero-order chi connectivity index (χ0) is 8.97. The number of aliphatic hydroxyl groups is 1. The lowest BCUT2D eigenvalue weighted by atomic mass is 9.92. The summed E-state index contributed by atoms with van der Waals surface area (Å²) >= 11 is 0. The Morgan fingerprint density at radius 2 is 2.33 bits per heavy atom. The summed E-state index contributed by atoms with van der Waals surface area (Å²) in [4.78, 5) is 0. The van der Waals surface area contributed by atoms with Crippen LogP contribution in [0, 0.1) is 0 Å². The van der Waals surface area contributed by atoms with Crippen molar-refractivity contribution in [3.63, 3.8) is 0 Å². The predicted molar refractivity (Wildman–Crippen MR) is 55.4 cm³/mol. The number of allylic oxidation sites excluding steroid dienone is 1. The molecule has 0 radical (unpaired) electrons. The van der Waals surface area contributed by atoms with E-state index in [-0.39, 0.29) is 6.61 Å². The van der Waals surface area contributed by atoms with Crippen LogP contribution < -0.4 is 5.46 Å². The maximum Gasteiger partial charge on any atom is 0.139 e. The molecule has 0 bridgehead atoms. The number of aliphatic hydroxyl groups excluding tert-OH is 1. The van der Waals surface area contributed by atoms with E-state index in [9.17, 15) is 0 Å². The molecule has 2 heteroatoms. The third-order valence-electron chi connectivity index (χ3n) is 1.87. The lowest BCUT2D eigenvalue weighted by Crippen LogP contribution is -2.01. The highest BCUT2D eigenvalue weighted by Gasteiger charge is 1.93. The zero-order valence-corrected chi connectivity index (χ0v) is 7.54. The van der Waals surface area contributed by atoms with Crippen LogP contribution in [0.25, 0.3) is 5.57 Å². The first-order valence-corrected chi connectivity index (χ1v) is 4.08. The molecule has 0 unspecified atom stereocenters. The molecule has 1 aromatic rings. The Labute approximate surface area is 74.1 Å². The summed E-state index contributed by atoms with van der Waals surface area (Å²) in [5.41, 5.74) is 3.56. The Kier molecular flexibility index (Phi) is 3.12. The molecule has 0 saturated carbocycles. The van der Waals surface area contributed by atoms with Crippen molar-refractivity contribution in [2.75, 3.05) is 6.61 Å². The van der Waals surface area contributed by atoms with Crippen molar-refractivity contribution in [3.8, 4) is 0 Å². The summed E-state index contributed by atoms with van der Waals surface area (Å²) in [6, 6.07) is 8.26. The lowest BCUT2D eigenvalue weighted by Gasteiger charge is -2.01. The van der Waals surface area contributed by atoms with Crippen LogP contribution in [0.2, 0.25) is 0 Å². The first-order valence-electron chi connectivity index (χ1n) is 4.08. The molecule has 0 fully saturated rings. The SMILES string of the molecule is Bc1cccc(/C(C)=C/CO)c1. The summed E-state index contributed by atoms with van der Waals surface area (Å²) in [5.74, 6) is 0. The van der Waals surface area contributed by atoms with Crippen LogP contribution in [-0.2, 0) is 0 Å². The molecule has 1 rings (SSSR count). The van der Waals surface area contributed by atoms with Crippen molar-refractivity contribution in [3.05, 3.63) is 35.9 Å². The number of hydrogen-bond donors (Lipinski definition) is 1. The molecule has 1 N–H and O–H groups in total. The highest BCUT2D eigenvalue weighted by Crippen LogP contribution is 2.10. The minimum atomic E-state index is 0.111. The Balaban J connectivity index is 2.95. The zero-order valence-electron chi connectivity index (χ0n) is 7.54. The Morgan fingerprint density at radius 1 is 1.58 bits per heavy atom. The van der Waals surface area contributed by atoms with Gasteiger partial charge in [0.15, 0.2) is 0 Å². The van der Waals surface area contributed by atoms with Crippen molar-refractivity contribution in [2.24, 2.45) is 0 Å². The van der Waals surface area contributed by atoms with Gasteiger partial charge in [0.2, 0.25) is 0 Å². The van der Waals surface area contributed by atoms with Crippen LogP contribution in [-0.4, -0.2) is 19.6 Å². The fourth-order valence-electron chi connectivity index (χ4n) is 1.15. The van der Waals surface area contributed by atoms with Crippen molar-refractivity contribution < 1.29 is 5.11 Å². The topological polar surface area (TPSA) is 20.2 Å². The molecule has 0 atom stereocenters. The molecule has 1 aromatic carbocycles. The third kappa shape index (κ3) is 2.24. The van der Waals surface area contributed by atoms with Gasteiger partial charge in [0.1, 0.15) is 7.85 Å². The van der Waals surface area contributed by atoms with Crippen LogP contribution in [0.5, 0.6) is 0 Å². The Morgan fingerprint density at radius 3 is 2.92 bits per heavy atom. The monoisotopic (exact) mass is 160 g/mol. The number of benzene rings is 1. The van der Waals surface area contributed by atoms with Crippen LogP contribution in [0.3, 0.4) is 0 Å². The summed E-state index contributed by atoms with van der Waals surface area (Å²) < 4.78 is 0. The first kappa shape index (κ1) is 9.08. The molecular weight excluding hydrogens is 147 g/mol. The minimum Gasteiger partial charge on any atom is -0.392 e. The number of rotatable bonds is 2. The number of hydrogen-bond acceptors (Lipinski definition) is 1. The largest absolute Gasteiger partial charge is 0.392 e. The van der Waals surface area contributed by atoms with E-state index in [2.05, 4.69) is 26.0 Å². The highest BCUT2D eigenvalue weighted by molar-refractivity contribution is 6.32. The van der Waals surface area contributed by atoms with Gasteiger partial charge < -0.3 is 5.11 Å². The molecule has 0 heterocycles. The van der Waals surface area contributed by atoms with Gasteiger partial charge in [-0.3, -0.25) is 0 Å². The molecule has 0 aliphatic heterocycles. The van der Waals surface area contributed by atoms with Crippen molar-refractivity contribution >= 4 is 18.9 Å². The van der Waals surface area contributed by atoms with Crippen molar-refractivity contribution in [1.82, 2.24) is 0 Å². The van der Waals surface area contributed by atoms with E-state index < -0.39 is 0 Å². The average molecular weight is 160 g/mol. The van der Waals surface area contributed by atoms with Crippen molar-refractivity contribution in [1.29, 1.82) is 0 Å². The van der Waals surface area contributed by atoms with E-state index in [1.54, 1.807) is 0 Å². The highest BCUT2D eigenvalue weighted by atomic mass is 16.2. The van der Waals surface area contributed by atoms with E-state index >= 15 is 0 Å². The maximum absolute atomic E-state index is 8.69. The Bertz CT molecular complexity index is 292. The maximum atomic E-state index is 8.69. The quantitative estimate of drug-likeness (QED) is 0.618. The van der Waals surface area contributed by atoms with Gasteiger partial charge in [0.25, 0.3) is 0 Å². The third-order valence-corrected chi connectivity index (χ3v) is 1.87. The second-order valence-electron chi connectivity index (χ2n) is 2.94. The summed E-state index contributed by atoms with van der Waals surface area (Å²) in [7, 11) is 2.07. The second-order valence-corrected chi connectivity index (χ2v) is 2.94. The van der Waals surface area contributed by atoms with E-state index in [0.717, 1.165) is 5.57 Å². The van der Waals surface area contributed by atoms with Crippen LogP contribution in [0.1, 0.15) is 12.5 Å². The van der Waals surface area contributed by atoms with Crippen LogP contribution >= 0.6 is 0 Å². The minimum absolute atomic E-state index is 0.111. The normalized spacial score (nSPS) is 11.7. The molecule has 0 aliphatic rings. The van der Waals surface area contributed by atoms with Gasteiger partial charge in [-0.15, -0.1) is 0 Å². The summed E-state index contributed by atoms with van der Waals surface area (Å²) in [6.07, 6.45) is 1.81. The standard InChI is InChI=1S/C10H13BO/c1-8(5-6-12)9-3-2-4-10(11)7-9/h2-5,7,12H,6,11H2,1H3/b8-5+. The molecule has 1 nitrogen and oxygen atoms in total. The molecule has 0 amide bonds. The van der Waals surface area contributed by atoms with Crippen LogP contribution in [0.4, 0.5) is 0 Å². The van der Waals surface area contributed by atoms with E-state index in [4.69, 9.17) is 5.11 Å². The van der Waals surface area contributed by atoms with Crippen molar-refractivity contribution in [2.45, 2.75) is 6.92 Å². The first-order chi connectivity index (χ1) is 5.74. The molecule has 12 heavy (non-hydrogen) atoms. The summed E-state index contributed by atoms with van der Waals surface area (Å²) in [5, 5.41) is 8.69. The molecule has 0 spiro atoms. The molecule has 62 valence electrons. The van der Waals surface area contributed by atoms with Gasteiger partial charge in [-0.1, -0.05) is 35.8 Å². The van der Waals surface area contributed by atoms with Crippen LogP contribution in [0.15, 0.2) is 30.3 Å². The average Bonchev–Trinajstić information content (AvgIpc) is 2.05. The smallest absolute Gasteiger partial charge is 0.139 e. The predicted octanol–water partition coefficient (Wildman–Crippen LogP) is 0.341. The molecular formula is C10H13BO. The van der Waals surface area contributed by atoms with Gasteiger partial charge in [0.05, 0.1) is 6.61 Å². The van der Waals surface area contributed by atoms with Gasteiger partial charge in [-0.25, -0.2) is 0 Å². The Hall–Kier alpha value is -1.02. The fourth-order valence-corrected chi connectivity index (χ4v) is 1.15. The molecule has 0 aromatic heterocycles. The van der Waals surface area contributed by atoms with E-state index in [0.29, 0.717) is 0 Å². The van der Waals surface area contributed by atoms with Gasteiger partial charge in [0, 0.05) is 0 Å². The van der Waals surface area contributed by atoms with E-state index in [1.807, 2.05) is 19.1 Å². The second kappa shape index (κ2) is 4.12.